The molecule has 150 valence electrons. The summed E-state index contributed by atoms with van der Waals surface area (Å²) < 4.78 is 10.8. The van der Waals surface area contributed by atoms with Crippen molar-refractivity contribution in [2.24, 2.45) is 0 Å². The van der Waals surface area contributed by atoms with Crippen LogP contribution in [0.25, 0.3) is 0 Å². The van der Waals surface area contributed by atoms with Crippen LogP contribution in [-0.4, -0.2) is 51.2 Å². The zero-order valence-corrected chi connectivity index (χ0v) is 17.5. The zero-order chi connectivity index (χ0) is 20.3. The van der Waals surface area contributed by atoms with Crippen LogP contribution >= 0.6 is 0 Å². The number of rotatable bonds is 4. The Morgan fingerprint density at radius 1 is 0.857 bits per heavy atom. The molecule has 0 aliphatic carbocycles. The molecule has 0 aromatic heterocycles. The molecule has 0 bridgehead atoms. The number of amides is 1. The van der Waals surface area contributed by atoms with Gasteiger partial charge in [-0.15, -0.1) is 0 Å². The lowest BCUT2D eigenvalue weighted by Crippen LogP contribution is -2.49. The summed E-state index contributed by atoms with van der Waals surface area (Å²) in [5, 5.41) is 0. The molecule has 0 atom stereocenters. The number of nitrogens with zero attached hydrogens (tertiary/aromatic N) is 2. The Kier molecular flexibility index (Phi) is 5.82. The molecule has 0 radical (unpaired) electrons. The summed E-state index contributed by atoms with van der Waals surface area (Å²) in [4.78, 5) is 17.4. The van der Waals surface area contributed by atoms with Crippen LogP contribution in [0.4, 0.5) is 5.69 Å². The average Bonchev–Trinajstić information content (AvgIpc) is 2.72. The summed E-state index contributed by atoms with van der Waals surface area (Å²) in [6, 6.07) is 14.0. The summed E-state index contributed by atoms with van der Waals surface area (Å²) in [6.45, 7) is 9.64. The van der Waals surface area contributed by atoms with Gasteiger partial charge in [0.25, 0.3) is 5.91 Å². The third kappa shape index (κ3) is 3.93. The summed E-state index contributed by atoms with van der Waals surface area (Å²) in [6.07, 6.45) is 0. The van der Waals surface area contributed by atoms with Crippen LogP contribution in [0.1, 0.15) is 36.7 Å². The largest absolute Gasteiger partial charge is 0.496 e. The normalized spacial score (nSPS) is 14.8. The van der Waals surface area contributed by atoms with Crippen LogP contribution in [0.5, 0.6) is 11.5 Å². The van der Waals surface area contributed by atoms with Gasteiger partial charge in [-0.05, 0) is 29.2 Å². The number of hydrogen-bond donors (Lipinski definition) is 0. The SMILES string of the molecule is COc1cccc(OC)c1C(=O)N1CCN(c2ccccc2C(C)(C)C)CC1. The van der Waals surface area contributed by atoms with Crippen molar-refractivity contribution < 1.29 is 14.3 Å². The second kappa shape index (κ2) is 8.13. The highest BCUT2D eigenvalue weighted by atomic mass is 16.5. The van der Waals surface area contributed by atoms with Gasteiger partial charge in [0, 0.05) is 31.9 Å². The van der Waals surface area contributed by atoms with E-state index in [4.69, 9.17) is 9.47 Å². The van der Waals surface area contributed by atoms with Crippen LogP contribution < -0.4 is 14.4 Å². The maximum absolute atomic E-state index is 13.2. The number of carbonyl (C=O) groups excluding carboxylic acids is 1. The number of anilines is 1. The molecule has 1 fully saturated rings. The molecular formula is C23H30N2O3. The van der Waals surface area contributed by atoms with Crippen LogP contribution in [-0.2, 0) is 5.41 Å². The molecule has 0 N–H and O–H groups in total. The number of hydrogen-bond acceptors (Lipinski definition) is 4. The number of carbonyl (C=O) groups is 1. The van der Waals surface area contributed by atoms with Gasteiger partial charge < -0.3 is 19.3 Å². The number of piperazine rings is 1. The van der Waals surface area contributed by atoms with Crippen LogP contribution in [0, 0.1) is 0 Å². The van der Waals surface area contributed by atoms with Gasteiger partial charge in [0.15, 0.2) is 0 Å². The van der Waals surface area contributed by atoms with Crippen molar-refractivity contribution in [3.05, 3.63) is 53.6 Å². The predicted octanol–water partition coefficient (Wildman–Crippen LogP) is 3.96. The number of ether oxygens (including phenoxy) is 2. The summed E-state index contributed by atoms with van der Waals surface area (Å²) >= 11 is 0. The van der Waals surface area contributed by atoms with Crippen LogP contribution in [0.3, 0.4) is 0 Å². The lowest BCUT2D eigenvalue weighted by Gasteiger charge is -2.38. The van der Waals surface area contributed by atoms with E-state index in [1.54, 1.807) is 26.4 Å². The van der Waals surface area contributed by atoms with Crippen molar-refractivity contribution in [2.75, 3.05) is 45.3 Å². The standard InChI is InChI=1S/C23H30N2O3/c1-23(2,3)17-9-6-7-10-18(17)24-13-15-25(16-14-24)22(26)21-19(27-4)11-8-12-20(21)28-5/h6-12H,13-16H2,1-5H3. The molecule has 1 heterocycles. The molecule has 1 amide bonds. The van der Waals surface area contributed by atoms with E-state index in [1.165, 1.54) is 11.3 Å². The fraction of sp³-hybridized carbons (Fsp3) is 0.435. The fourth-order valence-corrected chi connectivity index (χ4v) is 3.75. The highest BCUT2D eigenvalue weighted by Crippen LogP contribution is 2.33. The van der Waals surface area contributed by atoms with Gasteiger partial charge in [-0.25, -0.2) is 0 Å². The maximum Gasteiger partial charge on any atom is 0.261 e. The first kappa shape index (κ1) is 20.1. The van der Waals surface area contributed by atoms with E-state index in [2.05, 4.69) is 49.9 Å². The van der Waals surface area contributed by atoms with Crippen molar-refractivity contribution >= 4 is 11.6 Å². The summed E-state index contributed by atoms with van der Waals surface area (Å²) in [5.41, 5.74) is 3.17. The molecular weight excluding hydrogens is 352 g/mol. The molecule has 1 saturated heterocycles. The van der Waals surface area contributed by atoms with Crippen molar-refractivity contribution in [1.29, 1.82) is 0 Å². The van der Waals surface area contributed by atoms with Crippen molar-refractivity contribution in [3.63, 3.8) is 0 Å². The Labute approximate surface area is 167 Å². The smallest absolute Gasteiger partial charge is 0.261 e. The van der Waals surface area contributed by atoms with E-state index < -0.39 is 0 Å². The van der Waals surface area contributed by atoms with E-state index in [-0.39, 0.29) is 11.3 Å². The van der Waals surface area contributed by atoms with Gasteiger partial charge in [-0.3, -0.25) is 4.79 Å². The van der Waals surface area contributed by atoms with Gasteiger partial charge in [0.2, 0.25) is 0 Å². The number of para-hydroxylation sites is 1. The first-order valence-electron chi connectivity index (χ1n) is 9.71. The molecule has 2 aromatic carbocycles. The molecule has 2 aromatic rings. The minimum Gasteiger partial charge on any atom is -0.496 e. The van der Waals surface area contributed by atoms with Gasteiger partial charge >= 0.3 is 0 Å². The van der Waals surface area contributed by atoms with E-state index in [1.807, 2.05) is 11.0 Å². The van der Waals surface area contributed by atoms with Gasteiger partial charge in [-0.1, -0.05) is 45.0 Å². The summed E-state index contributed by atoms with van der Waals surface area (Å²) in [7, 11) is 3.15. The minimum absolute atomic E-state index is 0.0435. The molecule has 0 saturated carbocycles. The molecule has 28 heavy (non-hydrogen) atoms. The number of benzene rings is 2. The van der Waals surface area contributed by atoms with E-state index in [0.29, 0.717) is 30.2 Å². The van der Waals surface area contributed by atoms with E-state index in [0.717, 1.165) is 13.1 Å². The fourth-order valence-electron chi connectivity index (χ4n) is 3.75. The highest BCUT2D eigenvalue weighted by molar-refractivity contribution is 5.99. The Morgan fingerprint density at radius 3 is 1.96 bits per heavy atom. The first-order valence-corrected chi connectivity index (χ1v) is 9.71. The Bertz CT molecular complexity index is 812. The van der Waals surface area contributed by atoms with Gasteiger partial charge in [-0.2, -0.15) is 0 Å². The monoisotopic (exact) mass is 382 g/mol. The molecule has 1 aliphatic heterocycles. The van der Waals surface area contributed by atoms with Crippen molar-refractivity contribution in [3.8, 4) is 11.5 Å². The number of methoxy groups -OCH3 is 2. The van der Waals surface area contributed by atoms with Gasteiger partial charge in [0.1, 0.15) is 17.1 Å². The zero-order valence-electron chi connectivity index (χ0n) is 17.5. The first-order chi connectivity index (χ1) is 13.4. The van der Waals surface area contributed by atoms with E-state index in [9.17, 15) is 4.79 Å². The molecule has 5 heteroatoms. The van der Waals surface area contributed by atoms with Gasteiger partial charge in [0.05, 0.1) is 14.2 Å². The van der Waals surface area contributed by atoms with E-state index >= 15 is 0 Å². The Hall–Kier alpha value is -2.69. The maximum atomic E-state index is 13.2. The third-order valence-corrected chi connectivity index (χ3v) is 5.26. The van der Waals surface area contributed by atoms with Crippen molar-refractivity contribution in [2.45, 2.75) is 26.2 Å². The second-order valence-corrected chi connectivity index (χ2v) is 8.08. The average molecular weight is 383 g/mol. The molecule has 5 nitrogen and oxygen atoms in total. The van der Waals surface area contributed by atoms with Crippen molar-refractivity contribution in [1.82, 2.24) is 4.90 Å². The topological polar surface area (TPSA) is 42.0 Å². The Morgan fingerprint density at radius 2 is 1.43 bits per heavy atom. The van der Waals surface area contributed by atoms with Crippen LogP contribution in [0.15, 0.2) is 42.5 Å². The van der Waals surface area contributed by atoms with Crippen LogP contribution in [0.2, 0.25) is 0 Å². The highest BCUT2D eigenvalue weighted by Gasteiger charge is 2.29. The quantitative estimate of drug-likeness (QED) is 0.803. The molecule has 1 aliphatic rings. The third-order valence-electron chi connectivity index (χ3n) is 5.26. The molecule has 0 spiro atoms. The Balaban J connectivity index is 1.78. The predicted molar refractivity (Wildman–Crippen MR) is 113 cm³/mol. The minimum atomic E-state index is -0.0435. The lowest BCUT2D eigenvalue weighted by atomic mass is 9.85. The molecule has 0 unspecified atom stereocenters. The second-order valence-electron chi connectivity index (χ2n) is 8.08. The molecule has 3 rings (SSSR count). The summed E-state index contributed by atoms with van der Waals surface area (Å²) in [5.74, 6) is 1.05. The lowest BCUT2D eigenvalue weighted by molar-refractivity contribution is 0.0739.